The van der Waals surface area contributed by atoms with E-state index in [1.54, 1.807) is 5.38 Å². The van der Waals surface area contributed by atoms with E-state index < -0.39 is 0 Å². The molecule has 1 aromatic heterocycles. The molecule has 0 aliphatic heterocycles. The number of hydrogen-bond donors (Lipinski definition) is 1. The minimum atomic E-state index is -0.345. The molecule has 0 aliphatic carbocycles. The van der Waals surface area contributed by atoms with E-state index in [1.165, 1.54) is 24.0 Å². The highest BCUT2D eigenvalue weighted by molar-refractivity contribution is 7.13. The quantitative estimate of drug-likeness (QED) is 0.832. The van der Waals surface area contributed by atoms with Gasteiger partial charge in [-0.05, 0) is 18.9 Å². The third kappa shape index (κ3) is 4.96. The number of anilines is 1. The van der Waals surface area contributed by atoms with Gasteiger partial charge in [-0.1, -0.05) is 29.8 Å². The van der Waals surface area contributed by atoms with Crippen LogP contribution in [0.3, 0.4) is 0 Å². The minimum Gasteiger partial charge on any atom is -0.469 e. The average molecular weight is 318 g/mol. The van der Waals surface area contributed by atoms with Gasteiger partial charge in [-0.3, -0.25) is 9.59 Å². The first-order valence-corrected chi connectivity index (χ1v) is 7.81. The fourth-order valence-corrected chi connectivity index (χ4v) is 2.59. The van der Waals surface area contributed by atoms with Gasteiger partial charge >= 0.3 is 5.97 Å². The molecule has 6 heteroatoms. The van der Waals surface area contributed by atoms with E-state index >= 15 is 0 Å². The number of carbonyl (C=O) groups is 2. The number of nitrogens with zero attached hydrogens (tertiary/aromatic N) is 1. The second kappa shape index (κ2) is 7.70. The van der Waals surface area contributed by atoms with Gasteiger partial charge in [0.2, 0.25) is 5.91 Å². The summed E-state index contributed by atoms with van der Waals surface area (Å²) in [6.07, 6.45) is 1.20. The smallest absolute Gasteiger partial charge is 0.311 e. The van der Waals surface area contributed by atoms with Gasteiger partial charge in [-0.2, -0.15) is 0 Å². The number of aromatic nitrogens is 1. The Hall–Kier alpha value is -2.21. The van der Waals surface area contributed by atoms with Crippen molar-refractivity contribution in [3.63, 3.8) is 0 Å². The predicted molar refractivity (Wildman–Crippen MR) is 86.0 cm³/mol. The molecule has 0 atom stereocenters. The zero-order valence-electron chi connectivity index (χ0n) is 12.6. The normalized spacial score (nSPS) is 10.3. The second-order valence-corrected chi connectivity index (χ2v) is 5.79. The van der Waals surface area contributed by atoms with Crippen LogP contribution in [-0.2, 0) is 27.2 Å². The van der Waals surface area contributed by atoms with Crippen LogP contribution in [-0.4, -0.2) is 24.0 Å². The maximum absolute atomic E-state index is 11.9. The molecule has 1 aromatic carbocycles. The first-order chi connectivity index (χ1) is 10.6. The number of hydrogen-bond acceptors (Lipinski definition) is 5. The van der Waals surface area contributed by atoms with E-state index in [4.69, 9.17) is 0 Å². The van der Waals surface area contributed by atoms with Crippen molar-refractivity contribution in [1.82, 2.24) is 4.98 Å². The van der Waals surface area contributed by atoms with Gasteiger partial charge in [0.1, 0.15) is 0 Å². The first-order valence-electron chi connectivity index (χ1n) is 6.93. The van der Waals surface area contributed by atoms with E-state index in [2.05, 4.69) is 15.0 Å². The van der Waals surface area contributed by atoms with Gasteiger partial charge < -0.3 is 10.1 Å². The lowest BCUT2D eigenvalue weighted by Crippen LogP contribution is -2.12. The standard InChI is InChI=1S/C16H18N2O3S/c1-11-3-5-12(6-4-11)7-8-14(19)18-16-17-13(10-22-16)9-15(20)21-2/h3-6,10H,7-9H2,1-2H3,(H,17,18,19). The Morgan fingerprint density at radius 2 is 2.00 bits per heavy atom. The summed E-state index contributed by atoms with van der Waals surface area (Å²) < 4.78 is 4.58. The van der Waals surface area contributed by atoms with Gasteiger partial charge in [0.05, 0.1) is 19.2 Å². The number of rotatable bonds is 6. The molecule has 5 nitrogen and oxygen atoms in total. The molecule has 0 saturated carbocycles. The third-order valence-corrected chi connectivity index (χ3v) is 3.92. The zero-order chi connectivity index (χ0) is 15.9. The predicted octanol–water partition coefficient (Wildman–Crippen LogP) is 2.74. The van der Waals surface area contributed by atoms with Crippen LogP contribution in [0.1, 0.15) is 23.2 Å². The molecular formula is C16H18N2O3S. The first kappa shape index (κ1) is 16.2. The maximum atomic E-state index is 11.9. The highest BCUT2D eigenvalue weighted by Gasteiger charge is 2.10. The van der Waals surface area contributed by atoms with Gasteiger partial charge in [0.25, 0.3) is 0 Å². The van der Waals surface area contributed by atoms with E-state index in [1.807, 2.05) is 31.2 Å². The monoisotopic (exact) mass is 318 g/mol. The molecule has 0 fully saturated rings. The molecular weight excluding hydrogens is 300 g/mol. The molecule has 1 heterocycles. The Balaban J connectivity index is 1.81. The van der Waals surface area contributed by atoms with Crippen molar-refractivity contribution in [1.29, 1.82) is 0 Å². The Labute approximate surface area is 133 Å². The molecule has 0 aliphatic rings. The van der Waals surface area contributed by atoms with Crippen molar-refractivity contribution in [2.75, 3.05) is 12.4 Å². The van der Waals surface area contributed by atoms with Crippen LogP contribution in [0.5, 0.6) is 0 Å². The van der Waals surface area contributed by atoms with Crippen LogP contribution >= 0.6 is 11.3 Å². The molecule has 0 bridgehead atoms. The van der Waals surface area contributed by atoms with Crippen LogP contribution in [0.15, 0.2) is 29.6 Å². The summed E-state index contributed by atoms with van der Waals surface area (Å²) in [4.78, 5) is 27.2. The lowest BCUT2D eigenvalue weighted by Gasteiger charge is -2.03. The van der Waals surface area contributed by atoms with Gasteiger partial charge in [-0.15, -0.1) is 11.3 Å². The molecule has 0 spiro atoms. The van der Waals surface area contributed by atoms with Crippen molar-refractivity contribution in [2.45, 2.75) is 26.2 Å². The number of esters is 1. The fourth-order valence-electron chi connectivity index (χ4n) is 1.86. The lowest BCUT2D eigenvalue weighted by molar-refractivity contribution is -0.139. The van der Waals surface area contributed by atoms with Crippen molar-refractivity contribution >= 4 is 28.3 Å². The fraction of sp³-hybridized carbons (Fsp3) is 0.312. The van der Waals surface area contributed by atoms with Gasteiger partial charge in [0, 0.05) is 11.8 Å². The summed E-state index contributed by atoms with van der Waals surface area (Å²) >= 11 is 1.30. The molecule has 2 rings (SSSR count). The number of ether oxygens (including phenoxy) is 1. The number of thiazole rings is 1. The summed E-state index contributed by atoms with van der Waals surface area (Å²) in [6, 6.07) is 8.13. The summed E-state index contributed by atoms with van der Waals surface area (Å²) in [7, 11) is 1.34. The molecule has 116 valence electrons. The molecule has 0 radical (unpaired) electrons. The zero-order valence-corrected chi connectivity index (χ0v) is 13.4. The summed E-state index contributed by atoms with van der Waals surface area (Å²) in [5, 5.41) is 5.00. The Bertz CT molecular complexity index is 650. The van der Waals surface area contributed by atoms with Crippen molar-refractivity contribution in [3.8, 4) is 0 Å². The maximum Gasteiger partial charge on any atom is 0.311 e. The van der Waals surface area contributed by atoms with Crippen LogP contribution in [0.25, 0.3) is 0 Å². The number of amides is 1. The van der Waals surface area contributed by atoms with Crippen LogP contribution in [0.4, 0.5) is 5.13 Å². The number of carbonyl (C=O) groups excluding carboxylic acids is 2. The van der Waals surface area contributed by atoms with E-state index in [-0.39, 0.29) is 18.3 Å². The minimum absolute atomic E-state index is 0.0838. The van der Waals surface area contributed by atoms with E-state index in [0.29, 0.717) is 23.7 Å². The molecule has 22 heavy (non-hydrogen) atoms. The lowest BCUT2D eigenvalue weighted by atomic mass is 10.1. The highest BCUT2D eigenvalue weighted by Crippen LogP contribution is 2.16. The van der Waals surface area contributed by atoms with E-state index in [9.17, 15) is 9.59 Å². The highest BCUT2D eigenvalue weighted by atomic mass is 32.1. The number of nitrogens with one attached hydrogen (secondary N) is 1. The summed E-state index contributed by atoms with van der Waals surface area (Å²) in [6.45, 7) is 2.03. The van der Waals surface area contributed by atoms with Crippen LogP contribution < -0.4 is 5.32 Å². The molecule has 0 saturated heterocycles. The van der Waals surface area contributed by atoms with Crippen molar-refractivity contribution in [2.24, 2.45) is 0 Å². The summed E-state index contributed by atoms with van der Waals surface area (Å²) in [5.41, 5.74) is 2.94. The SMILES string of the molecule is COC(=O)Cc1csc(NC(=O)CCc2ccc(C)cc2)n1. The van der Waals surface area contributed by atoms with Crippen LogP contribution in [0.2, 0.25) is 0 Å². The average Bonchev–Trinajstić information content (AvgIpc) is 2.93. The Morgan fingerprint density at radius 3 is 2.68 bits per heavy atom. The molecule has 0 unspecified atom stereocenters. The second-order valence-electron chi connectivity index (χ2n) is 4.93. The van der Waals surface area contributed by atoms with Gasteiger partial charge in [-0.25, -0.2) is 4.98 Å². The molecule has 1 N–H and O–H groups in total. The topological polar surface area (TPSA) is 68.3 Å². The Morgan fingerprint density at radius 1 is 1.27 bits per heavy atom. The number of benzene rings is 1. The third-order valence-electron chi connectivity index (χ3n) is 3.11. The summed E-state index contributed by atoms with van der Waals surface area (Å²) in [5.74, 6) is -0.429. The van der Waals surface area contributed by atoms with Crippen LogP contribution in [0, 0.1) is 6.92 Å². The number of methoxy groups -OCH3 is 1. The largest absolute Gasteiger partial charge is 0.469 e. The number of aryl methyl sites for hydroxylation is 2. The van der Waals surface area contributed by atoms with Crippen molar-refractivity contribution < 1.29 is 14.3 Å². The molecule has 2 aromatic rings. The van der Waals surface area contributed by atoms with E-state index in [0.717, 1.165) is 5.56 Å². The van der Waals surface area contributed by atoms with Gasteiger partial charge in [0.15, 0.2) is 5.13 Å². The molecule has 1 amide bonds. The Kier molecular flexibility index (Phi) is 5.66. The van der Waals surface area contributed by atoms with Crippen molar-refractivity contribution in [3.05, 3.63) is 46.5 Å².